The van der Waals surface area contributed by atoms with Crippen LogP contribution < -0.4 is 5.32 Å². The van der Waals surface area contributed by atoms with Crippen molar-refractivity contribution in [3.05, 3.63) is 35.9 Å². The van der Waals surface area contributed by atoms with Crippen LogP contribution in [-0.2, 0) is 4.74 Å². The molecule has 1 aromatic heterocycles. The van der Waals surface area contributed by atoms with Crippen molar-refractivity contribution in [1.82, 2.24) is 4.98 Å². The second-order valence-electron chi connectivity index (χ2n) is 4.90. The zero-order valence-corrected chi connectivity index (χ0v) is 10.6. The van der Waals surface area contributed by atoms with Crippen molar-refractivity contribution in [1.29, 1.82) is 0 Å². The largest absolute Gasteiger partial charge is 0.379 e. The monoisotopic (exact) mass is 242 g/mol. The molecule has 1 aliphatic rings. The summed E-state index contributed by atoms with van der Waals surface area (Å²) in [5, 5.41) is 4.70. The molecule has 0 saturated carbocycles. The zero-order valence-electron chi connectivity index (χ0n) is 10.6. The van der Waals surface area contributed by atoms with E-state index in [0.29, 0.717) is 6.04 Å². The van der Waals surface area contributed by atoms with Crippen molar-refractivity contribution in [2.45, 2.75) is 25.8 Å². The number of rotatable bonds is 2. The molecule has 0 spiro atoms. The van der Waals surface area contributed by atoms with Gasteiger partial charge in [0.1, 0.15) is 5.82 Å². The standard InChI is InChI=1S/C15H18N2O/c1-11-9-12-5-2-3-7-14(12)17-15(11)16-13-6-4-8-18-10-13/h2-3,5,7,9,13H,4,6,8,10H2,1H3,(H,16,17). The summed E-state index contributed by atoms with van der Waals surface area (Å²) >= 11 is 0. The maximum Gasteiger partial charge on any atom is 0.129 e. The fourth-order valence-electron chi connectivity index (χ4n) is 2.42. The van der Waals surface area contributed by atoms with E-state index in [1.165, 1.54) is 10.9 Å². The lowest BCUT2D eigenvalue weighted by Gasteiger charge is -2.24. The predicted molar refractivity (Wildman–Crippen MR) is 73.9 cm³/mol. The quantitative estimate of drug-likeness (QED) is 0.878. The Labute approximate surface area is 107 Å². The SMILES string of the molecule is Cc1cc2ccccc2nc1NC1CCCOC1. The number of hydrogen-bond acceptors (Lipinski definition) is 3. The maximum absolute atomic E-state index is 5.49. The van der Waals surface area contributed by atoms with E-state index in [2.05, 4.69) is 30.4 Å². The molecule has 1 saturated heterocycles. The molecule has 1 unspecified atom stereocenters. The molecule has 1 aliphatic heterocycles. The second kappa shape index (κ2) is 4.94. The average Bonchev–Trinajstić information content (AvgIpc) is 2.41. The van der Waals surface area contributed by atoms with E-state index < -0.39 is 0 Å². The van der Waals surface area contributed by atoms with Gasteiger partial charge in [0, 0.05) is 12.0 Å². The van der Waals surface area contributed by atoms with E-state index in [-0.39, 0.29) is 0 Å². The number of pyridine rings is 1. The Bertz CT molecular complexity index is 547. The molecule has 2 aromatic rings. The van der Waals surface area contributed by atoms with Gasteiger partial charge in [-0.3, -0.25) is 0 Å². The normalized spacial score (nSPS) is 19.9. The van der Waals surface area contributed by atoms with Gasteiger partial charge in [-0.05, 0) is 37.5 Å². The van der Waals surface area contributed by atoms with Crippen LogP contribution in [0.25, 0.3) is 10.9 Å². The van der Waals surface area contributed by atoms with Gasteiger partial charge in [0.05, 0.1) is 18.2 Å². The maximum atomic E-state index is 5.49. The van der Waals surface area contributed by atoms with E-state index in [1.54, 1.807) is 0 Å². The summed E-state index contributed by atoms with van der Waals surface area (Å²) in [5.41, 5.74) is 2.24. The highest BCUT2D eigenvalue weighted by molar-refractivity contribution is 5.81. The van der Waals surface area contributed by atoms with E-state index in [1.807, 2.05) is 12.1 Å². The minimum absolute atomic E-state index is 0.395. The van der Waals surface area contributed by atoms with Gasteiger partial charge in [0.15, 0.2) is 0 Å². The van der Waals surface area contributed by atoms with Gasteiger partial charge >= 0.3 is 0 Å². The van der Waals surface area contributed by atoms with Crippen LogP contribution in [0.2, 0.25) is 0 Å². The molecule has 1 atom stereocenters. The average molecular weight is 242 g/mol. The molecule has 94 valence electrons. The topological polar surface area (TPSA) is 34.2 Å². The van der Waals surface area contributed by atoms with E-state index in [0.717, 1.165) is 37.4 Å². The summed E-state index contributed by atoms with van der Waals surface area (Å²) in [6.45, 7) is 3.78. The van der Waals surface area contributed by atoms with Crippen LogP contribution in [-0.4, -0.2) is 24.2 Å². The highest BCUT2D eigenvalue weighted by Gasteiger charge is 2.15. The van der Waals surface area contributed by atoms with Crippen LogP contribution in [0.1, 0.15) is 18.4 Å². The molecule has 3 heteroatoms. The molecule has 2 heterocycles. The minimum Gasteiger partial charge on any atom is -0.379 e. The minimum atomic E-state index is 0.395. The number of fused-ring (bicyclic) bond motifs is 1. The Morgan fingerprint density at radius 3 is 3.06 bits per heavy atom. The number of ether oxygens (including phenoxy) is 1. The van der Waals surface area contributed by atoms with Gasteiger partial charge in [-0.1, -0.05) is 18.2 Å². The lowest BCUT2D eigenvalue weighted by molar-refractivity contribution is 0.0875. The zero-order chi connectivity index (χ0) is 12.4. The summed E-state index contributed by atoms with van der Waals surface area (Å²) < 4.78 is 5.49. The molecule has 3 nitrogen and oxygen atoms in total. The number of nitrogens with one attached hydrogen (secondary N) is 1. The number of aryl methyl sites for hydroxylation is 1. The van der Waals surface area contributed by atoms with Gasteiger partial charge in [-0.15, -0.1) is 0 Å². The summed E-state index contributed by atoms with van der Waals surface area (Å²) in [6.07, 6.45) is 2.29. The predicted octanol–water partition coefficient (Wildman–Crippen LogP) is 3.13. The highest BCUT2D eigenvalue weighted by Crippen LogP contribution is 2.21. The molecule has 1 N–H and O–H groups in total. The highest BCUT2D eigenvalue weighted by atomic mass is 16.5. The molecular formula is C15H18N2O. The molecular weight excluding hydrogens is 224 g/mol. The number of hydrogen-bond donors (Lipinski definition) is 1. The summed E-state index contributed by atoms with van der Waals surface area (Å²) in [6, 6.07) is 10.8. The van der Waals surface area contributed by atoms with Crippen molar-refractivity contribution in [3.8, 4) is 0 Å². The van der Waals surface area contributed by atoms with Crippen molar-refractivity contribution >= 4 is 16.7 Å². The van der Waals surface area contributed by atoms with Crippen LogP contribution in [0, 0.1) is 6.92 Å². The molecule has 1 aromatic carbocycles. The Kier molecular flexibility index (Phi) is 3.15. The third-order valence-corrected chi connectivity index (χ3v) is 3.42. The van der Waals surface area contributed by atoms with Gasteiger partial charge in [0.2, 0.25) is 0 Å². The molecule has 1 fully saturated rings. The Balaban J connectivity index is 1.88. The van der Waals surface area contributed by atoms with Crippen molar-refractivity contribution in [2.75, 3.05) is 18.5 Å². The molecule has 0 aliphatic carbocycles. The fourth-order valence-corrected chi connectivity index (χ4v) is 2.42. The Hall–Kier alpha value is -1.61. The summed E-state index contributed by atoms with van der Waals surface area (Å²) in [4.78, 5) is 4.70. The number of para-hydroxylation sites is 1. The number of nitrogens with zero attached hydrogens (tertiary/aromatic N) is 1. The lowest BCUT2D eigenvalue weighted by atomic mass is 10.1. The third kappa shape index (κ3) is 2.31. The first kappa shape index (κ1) is 11.5. The van der Waals surface area contributed by atoms with Crippen LogP contribution in [0.15, 0.2) is 30.3 Å². The van der Waals surface area contributed by atoms with Crippen molar-refractivity contribution in [3.63, 3.8) is 0 Å². The first-order valence-corrected chi connectivity index (χ1v) is 6.53. The van der Waals surface area contributed by atoms with Crippen LogP contribution in [0.5, 0.6) is 0 Å². The van der Waals surface area contributed by atoms with Crippen molar-refractivity contribution in [2.24, 2.45) is 0 Å². The second-order valence-corrected chi connectivity index (χ2v) is 4.90. The van der Waals surface area contributed by atoms with Gasteiger partial charge in [-0.25, -0.2) is 4.98 Å². The van der Waals surface area contributed by atoms with Gasteiger partial charge in [0.25, 0.3) is 0 Å². The molecule has 0 bridgehead atoms. The van der Waals surface area contributed by atoms with E-state index in [4.69, 9.17) is 9.72 Å². The van der Waals surface area contributed by atoms with Crippen LogP contribution in [0.3, 0.4) is 0 Å². The molecule has 18 heavy (non-hydrogen) atoms. The van der Waals surface area contributed by atoms with Crippen LogP contribution in [0.4, 0.5) is 5.82 Å². The summed E-state index contributed by atoms with van der Waals surface area (Å²) in [7, 11) is 0. The molecule has 0 radical (unpaired) electrons. The smallest absolute Gasteiger partial charge is 0.129 e. The van der Waals surface area contributed by atoms with Crippen LogP contribution >= 0.6 is 0 Å². The van der Waals surface area contributed by atoms with E-state index >= 15 is 0 Å². The lowest BCUT2D eigenvalue weighted by Crippen LogP contribution is -2.30. The fraction of sp³-hybridized carbons (Fsp3) is 0.400. The first-order chi connectivity index (χ1) is 8.83. The first-order valence-electron chi connectivity index (χ1n) is 6.53. The summed E-state index contributed by atoms with van der Waals surface area (Å²) in [5.74, 6) is 0.990. The third-order valence-electron chi connectivity index (χ3n) is 3.42. The van der Waals surface area contributed by atoms with Gasteiger partial charge < -0.3 is 10.1 Å². The number of benzene rings is 1. The van der Waals surface area contributed by atoms with Gasteiger partial charge in [-0.2, -0.15) is 0 Å². The molecule has 3 rings (SSSR count). The Morgan fingerprint density at radius 1 is 1.33 bits per heavy atom. The van der Waals surface area contributed by atoms with Crippen molar-refractivity contribution < 1.29 is 4.74 Å². The number of anilines is 1. The Morgan fingerprint density at radius 2 is 2.22 bits per heavy atom. The number of aromatic nitrogens is 1. The molecule has 0 amide bonds. The van der Waals surface area contributed by atoms with E-state index in [9.17, 15) is 0 Å².